The normalized spacial score (nSPS) is 18.9. The number of hydrogen-bond donors (Lipinski definition) is 3. The number of carbonyl (C=O) groups excluding carboxylic acids is 1. The highest BCUT2D eigenvalue weighted by Gasteiger charge is 2.28. The minimum Gasteiger partial charge on any atom is -0.489 e. The molecule has 0 fully saturated rings. The van der Waals surface area contributed by atoms with Crippen molar-refractivity contribution in [1.29, 1.82) is 0 Å². The minimum atomic E-state index is -0.255. The van der Waals surface area contributed by atoms with Gasteiger partial charge in [0.1, 0.15) is 18.4 Å². The zero-order valence-electron chi connectivity index (χ0n) is 16.2. The van der Waals surface area contributed by atoms with Gasteiger partial charge in [-0.25, -0.2) is 5.43 Å². The van der Waals surface area contributed by atoms with Crippen LogP contribution in [0, 0.1) is 0 Å². The van der Waals surface area contributed by atoms with E-state index in [4.69, 9.17) is 4.74 Å². The molecule has 0 saturated carbocycles. The fourth-order valence-corrected chi connectivity index (χ4v) is 3.55. The molecule has 0 spiro atoms. The number of hydrogen-bond acceptors (Lipinski definition) is 5. The highest BCUT2D eigenvalue weighted by atomic mass is 16.5. The Bertz CT molecular complexity index is 881. The quantitative estimate of drug-likeness (QED) is 0.721. The summed E-state index contributed by atoms with van der Waals surface area (Å²) in [6.45, 7) is 3.31. The number of rotatable bonds is 6. The second kappa shape index (κ2) is 7.94. The van der Waals surface area contributed by atoms with Gasteiger partial charge in [-0.2, -0.15) is 0 Å². The molecule has 2 aliphatic rings. The van der Waals surface area contributed by atoms with Gasteiger partial charge >= 0.3 is 0 Å². The standard InChI is InChI=1S/C22H26N4O2/c1-15(18-12-23-26(2)13-18)24-22(27)21-11-17-10-19(8-9-20(17)25-21)28-14-16-6-4-3-5-7-16/h3-10,13,15,21,23,25H,11-12,14H2,1-2H3,(H,24,27). The Labute approximate surface area is 165 Å². The van der Waals surface area contributed by atoms with Crippen LogP contribution in [0.15, 0.2) is 60.3 Å². The van der Waals surface area contributed by atoms with E-state index in [-0.39, 0.29) is 18.0 Å². The lowest BCUT2D eigenvalue weighted by atomic mass is 10.1. The molecule has 4 rings (SSSR count). The van der Waals surface area contributed by atoms with Crippen molar-refractivity contribution in [2.75, 3.05) is 18.9 Å². The molecule has 3 N–H and O–H groups in total. The maximum Gasteiger partial charge on any atom is 0.243 e. The highest BCUT2D eigenvalue weighted by molar-refractivity contribution is 5.88. The number of carbonyl (C=O) groups is 1. The third-order valence-corrected chi connectivity index (χ3v) is 5.20. The van der Waals surface area contributed by atoms with Crippen molar-refractivity contribution < 1.29 is 9.53 Å². The molecule has 2 unspecified atom stereocenters. The van der Waals surface area contributed by atoms with Gasteiger partial charge in [-0.1, -0.05) is 30.3 Å². The molecule has 0 radical (unpaired) electrons. The Balaban J connectivity index is 1.34. The first kappa shape index (κ1) is 18.4. The predicted octanol–water partition coefficient (Wildman–Crippen LogP) is 2.44. The van der Waals surface area contributed by atoms with Crippen LogP contribution in [0.5, 0.6) is 5.75 Å². The van der Waals surface area contributed by atoms with E-state index in [1.807, 2.05) is 73.7 Å². The monoisotopic (exact) mass is 378 g/mol. The molecule has 0 aromatic heterocycles. The third kappa shape index (κ3) is 4.12. The predicted molar refractivity (Wildman–Crippen MR) is 110 cm³/mol. The molecule has 2 aromatic carbocycles. The number of nitrogens with one attached hydrogen (secondary N) is 3. The van der Waals surface area contributed by atoms with E-state index in [1.54, 1.807) is 0 Å². The molecule has 0 bridgehead atoms. The zero-order valence-corrected chi connectivity index (χ0v) is 16.2. The highest BCUT2D eigenvalue weighted by Crippen LogP contribution is 2.30. The van der Waals surface area contributed by atoms with Gasteiger partial charge in [0.25, 0.3) is 0 Å². The van der Waals surface area contributed by atoms with E-state index in [2.05, 4.69) is 16.1 Å². The van der Waals surface area contributed by atoms with E-state index < -0.39 is 0 Å². The molecule has 2 atom stereocenters. The second-order valence-electron chi connectivity index (χ2n) is 7.37. The van der Waals surface area contributed by atoms with Gasteiger partial charge in [0.2, 0.25) is 5.91 Å². The van der Waals surface area contributed by atoms with Gasteiger partial charge in [0, 0.05) is 31.9 Å². The number of benzene rings is 2. The Morgan fingerprint density at radius 3 is 2.86 bits per heavy atom. The number of ether oxygens (including phenoxy) is 1. The van der Waals surface area contributed by atoms with Crippen molar-refractivity contribution in [1.82, 2.24) is 15.8 Å². The van der Waals surface area contributed by atoms with E-state index in [9.17, 15) is 4.79 Å². The number of fused-ring (bicyclic) bond motifs is 1. The summed E-state index contributed by atoms with van der Waals surface area (Å²) in [5, 5.41) is 8.35. The summed E-state index contributed by atoms with van der Waals surface area (Å²) in [5.74, 6) is 0.843. The van der Waals surface area contributed by atoms with E-state index in [0.29, 0.717) is 13.0 Å². The summed E-state index contributed by atoms with van der Waals surface area (Å²) in [6, 6.07) is 15.8. The third-order valence-electron chi connectivity index (χ3n) is 5.20. The maximum absolute atomic E-state index is 12.7. The summed E-state index contributed by atoms with van der Waals surface area (Å²) >= 11 is 0. The molecule has 1 amide bonds. The molecule has 28 heavy (non-hydrogen) atoms. The van der Waals surface area contributed by atoms with E-state index >= 15 is 0 Å². The summed E-state index contributed by atoms with van der Waals surface area (Å²) in [4.78, 5) is 12.7. The van der Waals surface area contributed by atoms with Gasteiger partial charge in [-0.3, -0.25) is 4.79 Å². The molecule has 2 heterocycles. The van der Waals surface area contributed by atoms with Crippen LogP contribution in [-0.2, 0) is 17.8 Å². The minimum absolute atomic E-state index is 0.000212. The van der Waals surface area contributed by atoms with Crippen LogP contribution in [0.1, 0.15) is 18.1 Å². The van der Waals surface area contributed by atoms with Gasteiger partial charge in [0.15, 0.2) is 0 Å². The summed E-state index contributed by atoms with van der Waals surface area (Å²) in [6.07, 6.45) is 2.69. The Morgan fingerprint density at radius 2 is 2.11 bits per heavy atom. The first-order valence-electron chi connectivity index (χ1n) is 9.62. The van der Waals surface area contributed by atoms with Crippen LogP contribution >= 0.6 is 0 Å². The van der Waals surface area contributed by atoms with Crippen molar-refractivity contribution in [2.45, 2.75) is 32.0 Å². The van der Waals surface area contributed by atoms with Crippen molar-refractivity contribution in [3.63, 3.8) is 0 Å². The smallest absolute Gasteiger partial charge is 0.243 e. The van der Waals surface area contributed by atoms with Crippen LogP contribution in [0.2, 0.25) is 0 Å². The first-order chi connectivity index (χ1) is 13.6. The molecule has 6 nitrogen and oxygen atoms in total. The van der Waals surface area contributed by atoms with Crippen LogP contribution in [0.25, 0.3) is 0 Å². The topological polar surface area (TPSA) is 65.6 Å². The molecule has 2 aromatic rings. The Kier molecular flexibility index (Phi) is 5.21. The fraction of sp³-hybridized carbons (Fsp3) is 0.318. The summed E-state index contributed by atoms with van der Waals surface area (Å²) < 4.78 is 5.91. The van der Waals surface area contributed by atoms with Crippen LogP contribution in [-0.4, -0.2) is 36.6 Å². The van der Waals surface area contributed by atoms with E-state index in [1.165, 1.54) is 5.57 Å². The molecule has 6 heteroatoms. The van der Waals surface area contributed by atoms with Crippen LogP contribution in [0.3, 0.4) is 0 Å². The summed E-state index contributed by atoms with van der Waals surface area (Å²) in [5.41, 5.74) is 7.61. The Hall–Kier alpha value is -2.99. The van der Waals surface area contributed by atoms with Gasteiger partial charge in [-0.05, 0) is 41.8 Å². The number of amides is 1. The number of nitrogens with zero attached hydrogens (tertiary/aromatic N) is 1. The lowest BCUT2D eigenvalue weighted by Crippen LogP contribution is -2.44. The molecular weight excluding hydrogens is 352 g/mol. The van der Waals surface area contributed by atoms with Crippen LogP contribution < -0.4 is 20.8 Å². The van der Waals surface area contributed by atoms with Gasteiger partial charge in [-0.15, -0.1) is 0 Å². The van der Waals surface area contributed by atoms with Crippen molar-refractivity contribution in [3.05, 3.63) is 71.4 Å². The van der Waals surface area contributed by atoms with Crippen LogP contribution in [0.4, 0.5) is 5.69 Å². The summed E-state index contributed by atoms with van der Waals surface area (Å²) in [7, 11) is 1.95. The molecular formula is C22H26N4O2. The van der Waals surface area contributed by atoms with Crippen molar-refractivity contribution >= 4 is 11.6 Å². The van der Waals surface area contributed by atoms with Crippen molar-refractivity contribution in [2.24, 2.45) is 0 Å². The average molecular weight is 378 g/mol. The number of anilines is 1. The molecule has 0 saturated heterocycles. The number of hydrazine groups is 1. The first-order valence-corrected chi connectivity index (χ1v) is 9.62. The van der Waals surface area contributed by atoms with Gasteiger partial charge < -0.3 is 20.4 Å². The molecule has 0 aliphatic carbocycles. The van der Waals surface area contributed by atoms with Crippen molar-refractivity contribution in [3.8, 4) is 5.75 Å². The molecule has 146 valence electrons. The Morgan fingerprint density at radius 1 is 1.29 bits per heavy atom. The maximum atomic E-state index is 12.7. The average Bonchev–Trinajstić information content (AvgIpc) is 3.33. The van der Waals surface area contributed by atoms with Gasteiger partial charge in [0.05, 0.1) is 6.04 Å². The largest absolute Gasteiger partial charge is 0.489 e. The lowest BCUT2D eigenvalue weighted by Gasteiger charge is -2.18. The second-order valence-corrected chi connectivity index (χ2v) is 7.37. The fourth-order valence-electron chi connectivity index (χ4n) is 3.55. The lowest BCUT2D eigenvalue weighted by molar-refractivity contribution is -0.122. The SMILES string of the molecule is CC(NC(=O)C1Cc2cc(OCc3ccccc3)ccc2N1)C1=CN(C)NC1. The van der Waals surface area contributed by atoms with E-state index in [0.717, 1.165) is 29.1 Å². The zero-order chi connectivity index (χ0) is 19.5. The molecule has 2 aliphatic heterocycles.